The van der Waals surface area contributed by atoms with E-state index >= 15 is 0 Å². The van der Waals surface area contributed by atoms with Gasteiger partial charge in [0, 0.05) is 0 Å². The highest BCUT2D eigenvalue weighted by Gasteiger charge is 2.24. The Bertz CT molecular complexity index is 331. The second-order valence-electron chi connectivity index (χ2n) is 5.75. The van der Waals surface area contributed by atoms with Gasteiger partial charge in [-0.05, 0) is 37.7 Å². The van der Waals surface area contributed by atoms with Gasteiger partial charge in [0.1, 0.15) is 0 Å². The van der Waals surface area contributed by atoms with E-state index in [9.17, 15) is 0 Å². The maximum Gasteiger partial charge on any atom is -0.00777 e. The molecular formula is C17H28. The van der Waals surface area contributed by atoms with Crippen LogP contribution < -0.4 is 0 Å². The molecule has 0 nitrogen and oxygen atoms in total. The van der Waals surface area contributed by atoms with Crippen LogP contribution in [0.3, 0.4) is 0 Å². The summed E-state index contributed by atoms with van der Waals surface area (Å²) in [6, 6.07) is 7.02. The van der Waals surface area contributed by atoms with Crippen LogP contribution in [0.5, 0.6) is 0 Å². The molecule has 0 aliphatic carbocycles. The summed E-state index contributed by atoms with van der Waals surface area (Å²) in [5, 5.41) is 0. The minimum absolute atomic E-state index is 0.367. The monoisotopic (exact) mass is 232 g/mol. The van der Waals surface area contributed by atoms with Gasteiger partial charge in [0.25, 0.3) is 0 Å². The Morgan fingerprint density at radius 3 is 2.00 bits per heavy atom. The molecule has 0 aromatic heterocycles. The second-order valence-corrected chi connectivity index (χ2v) is 5.75. The fraction of sp³-hybridized carbons (Fsp3) is 0.647. The van der Waals surface area contributed by atoms with Crippen LogP contribution in [0.2, 0.25) is 0 Å². The van der Waals surface area contributed by atoms with E-state index < -0.39 is 0 Å². The molecule has 0 spiro atoms. The SMILES string of the molecule is CCCCCC(C)(CC)c1cc(C)cc(C)c1. The highest BCUT2D eigenvalue weighted by molar-refractivity contribution is 5.33. The Morgan fingerprint density at radius 1 is 0.941 bits per heavy atom. The summed E-state index contributed by atoms with van der Waals surface area (Å²) in [4.78, 5) is 0. The minimum Gasteiger partial charge on any atom is -0.0654 e. The summed E-state index contributed by atoms with van der Waals surface area (Å²) < 4.78 is 0. The summed E-state index contributed by atoms with van der Waals surface area (Å²) in [5.74, 6) is 0. The number of unbranched alkanes of at least 4 members (excludes halogenated alkanes) is 2. The number of benzene rings is 1. The summed E-state index contributed by atoms with van der Waals surface area (Å²) in [6.45, 7) is 11.4. The van der Waals surface area contributed by atoms with Gasteiger partial charge in [-0.2, -0.15) is 0 Å². The standard InChI is InChI=1S/C17H28/c1-6-8-9-10-17(5,7-2)16-12-14(3)11-15(4)13-16/h11-13H,6-10H2,1-5H3. The molecule has 0 heteroatoms. The molecule has 0 aliphatic heterocycles. The minimum atomic E-state index is 0.367. The van der Waals surface area contributed by atoms with Crippen molar-refractivity contribution in [2.24, 2.45) is 0 Å². The molecule has 0 saturated carbocycles. The van der Waals surface area contributed by atoms with Crippen molar-refractivity contribution in [3.63, 3.8) is 0 Å². The van der Waals surface area contributed by atoms with Gasteiger partial charge in [0.05, 0.1) is 0 Å². The average Bonchev–Trinajstić information content (AvgIpc) is 2.28. The molecule has 0 aliphatic rings. The molecule has 0 heterocycles. The fourth-order valence-corrected chi connectivity index (χ4v) is 2.61. The van der Waals surface area contributed by atoms with Crippen molar-refractivity contribution in [3.05, 3.63) is 34.9 Å². The summed E-state index contributed by atoms with van der Waals surface area (Å²) >= 11 is 0. The Kier molecular flexibility index (Phi) is 5.24. The first kappa shape index (κ1) is 14.3. The van der Waals surface area contributed by atoms with Crippen LogP contribution in [0, 0.1) is 13.8 Å². The van der Waals surface area contributed by atoms with Crippen LogP contribution in [0.1, 0.15) is 69.6 Å². The molecule has 17 heavy (non-hydrogen) atoms. The van der Waals surface area contributed by atoms with Crippen LogP contribution in [-0.4, -0.2) is 0 Å². The first-order valence-corrected chi connectivity index (χ1v) is 7.10. The lowest BCUT2D eigenvalue weighted by Crippen LogP contribution is -2.21. The molecule has 1 rings (SSSR count). The van der Waals surface area contributed by atoms with Crippen molar-refractivity contribution in [2.75, 3.05) is 0 Å². The molecular weight excluding hydrogens is 204 g/mol. The molecule has 1 unspecified atom stereocenters. The smallest absolute Gasteiger partial charge is 0.00777 e. The van der Waals surface area contributed by atoms with E-state index in [0.717, 1.165) is 0 Å². The summed E-state index contributed by atoms with van der Waals surface area (Å²) in [5.41, 5.74) is 4.70. The van der Waals surface area contributed by atoms with E-state index in [0.29, 0.717) is 5.41 Å². The van der Waals surface area contributed by atoms with Gasteiger partial charge in [0.2, 0.25) is 0 Å². The molecule has 0 saturated heterocycles. The topological polar surface area (TPSA) is 0 Å². The van der Waals surface area contributed by atoms with Crippen molar-refractivity contribution < 1.29 is 0 Å². The Labute approximate surface area is 107 Å². The van der Waals surface area contributed by atoms with E-state index in [1.165, 1.54) is 48.8 Å². The van der Waals surface area contributed by atoms with E-state index in [2.05, 4.69) is 52.8 Å². The lowest BCUT2D eigenvalue weighted by Gasteiger charge is -2.30. The van der Waals surface area contributed by atoms with Crippen LogP contribution >= 0.6 is 0 Å². The third kappa shape index (κ3) is 3.87. The number of hydrogen-bond acceptors (Lipinski definition) is 0. The van der Waals surface area contributed by atoms with E-state index in [1.54, 1.807) is 0 Å². The van der Waals surface area contributed by atoms with Gasteiger partial charge in [-0.25, -0.2) is 0 Å². The van der Waals surface area contributed by atoms with E-state index in [-0.39, 0.29) is 0 Å². The Hall–Kier alpha value is -0.780. The van der Waals surface area contributed by atoms with E-state index in [4.69, 9.17) is 0 Å². The molecule has 0 amide bonds. The van der Waals surface area contributed by atoms with Crippen LogP contribution in [0.4, 0.5) is 0 Å². The zero-order valence-corrected chi connectivity index (χ0v) is 12.3. The third-order valence-electron chi connectivity index (χ3n) is 4.03. The molecule has 0 radical (unpaired) electrons. The lowest BCUT2D eigenvalue weighted by molar-refractivity contribution is 0.398. The van der Waals surface area contributed by atoms with Gasteiger partial charge in [0.15, 0.2) is 0 Å². The molecule has 1 aromatic rings. The number of rotatable bonds is 6. The van der Waals surface area contributed by atoms with Crippen LogP contribution in [-0.2, 0) is 5.41 Å². The fourth-order valence-electron chi connectivity index (χ4n) is 2.61. The molecule has 0 N–H and O–H groups in total. The van der Waals surface area contributed by atoms with Gasteiger partial charge in [-0.1, -0.05) is 69.4 Å². The normalized spacial score (nSPS) is 14.6. The maximum absolute atomic E-state index is 2.43. The highest BCUT2D eigenvalue weighted by atomic mass is 14.3. The van der Waals surface area contributed by atoms with Crippen molar-refractivity contribution in [2.45, 2.75) is 72.1 Å². The van der Waals surface area contributed by atoms with Crippen LogP contribution in [0.15, 0.2) is 18.2 Å². The predicted octanol–water partition coefficient (Wildman–Crippen LogP) is 5.55. The number of hydrogen-bond donors (Lipinski definition) is 0. The van der Waals surface area contributed by atoms with Crippen molar-refractivity contribution in [1.29, 1.82) is 0 Å². The molecule has 0 bridgehead atoms. The van der Waals surface area contributed by atoms with Crippen molar-refractivity contribution >= 4 is 0 Å². The summed E-state index contributed by atoms with van der Waals surface area (Å²) in [7, 11) is 0. The van der Waals surface area contributed by atoms with Gasteiger partial charge >= 0.3 is 0 Å². The zero-order valence-electron chi connectivity index (χ0n) is 12.3. The van der Waals surface area contributed by atoms with Crippen molar-refractivity contribution in [3.8, 4) is 0 Å². The quantitative estimate of drug-likeness (QED) is 0.564. The van der Waals surface area contributed by atoms with Gasteiger partial charge in [-0.3, -0.25) is 0 Å². The predicted molar refractivity (Wildman–Crippen MR) is 77.7 cm³/mol. The Balaban J connectivity index is 2.90. The first-order chi connectivity index (χ1) is 8.01. The Morgan fingerprint density at radius 2 is 1.53 bits per heavy atom. The molecule has 0 fully saturated rings. The van der Waals surface area contributed by atoms with Crippen LogP contribution in [0.25, 0.3) is 0 Å². The zero-order chi connectivity index (χ0) is 12.9. The van der Waals surface area contributed by atoms with Crippen molar-refractivity contribution in [1.82, 2.24) is 0 Å². The first-order valence-electron chi connectivity index (χ1n) is 7.10. The number of aryl methyl sites for hydroxylation is 2. The second kappa shape index (κ2) is 6.23. The largest absolute Gasteiger partial charge is 0.0654 e. The molecule has 1 atom stereocenters. The molecule has 1 aromatic carbocycles. The molecule has 96 valence electrons. The average molecular weight is 232 g/mol. The summed E-state index contributed by atoms with van der Waals surface area (Å²) in [6.07, 6.45) is 6.58. The lowest BCUT2D eigenvalue weighted by atomic mass is 9.75. The van der Waals surface area contributed by atoms with Gasteiger partial charge < -0.3 is 0 Å². The van der Waals surface area contributed by atoms with E-state index in [1.807, 2.05) is 0 Å². The van der Waals surface area contributed by atoms with Gasteiger partial charge in [-0.15, -0.1) is 0 Å². The maximum atomic E-state index is 2.43. The third-order valence-corrected chi connectivity index (χ3v) is 4.03. The highest BCUT2D eigenvalue weighted by Crippen LogP contribution is 2.34.